The Labute approximate surface area is 150 Å². The van der Waals surface area contributed by atoms with Gasteiger partial charge in [0.2, 0.25) is 5.91 Å². The second kappa shape index (κ2) is 9.44. The zero-order valence-electron chi connectivity index (χ0n) is 15.6. The zero-order valence-corrected chi connectivity index (χ0v) is 15.6. The number of carbonyl (C=O) groups excluding carboxylic acids is 2. The van der Waals surface area contributed by atoms with Crippen molar-refractivity contribution in [1.29, 1.82) is 0 Å². The van der Waals surface area contributed by atoms with Crippen LogP contribution >= 0.6 is 0 Å². The van der Waals surface area contributed by atoms with E-state index in [2.05, 4.69) is 5.32 Å². The molecular formula is C20H30N2O3. The van der Waals surface area contributed by atoms with Crippen molar-refractivity contribution < 1.29 is 14.3 Å². The van der Waals surface area contributed by atoms with Gasteiger partial charge in [-0.15, -0.1) is 0 Å². The lowest BCUT2D eigenvalue weighted by atomic mass is 10.0. The molecule has 0 radical (unpaired) electrons. The van der Waals surface area contributed by atoms with Crippen LogP contribution in [0.25, 0.3) is 0 Å². The molecule has 0 bridgehead atoms. The average molecular weight is 346 g/mol. The van der Waals surface area contributed by atoms with Crippen LogP contribution in [0.3, 0.4) is 0 Å². The fourth-order valence-electron chi connectivity index (χ4n) is 3.00. The quantitative estimate of drug-likeness (QED) is 0.786. The minimum Gasteiger partial charge on any atom is -0.483 e. The fraction of sp³-hybridized carbons (Fsp3) is 0.600. The lowest BCUT2D eigenvalue weighted by molar-refractivity contribution is -0.132. The summed E-state index contributed by atoms with van der Waals surface area (Å²) in [5, 5.41) is 3.10. The molecule has 1 N–H and O–H groups in total. The Morgan fingerprint density at radius 3 is 2.48 bits per heavy atom. The summed E-state index contributed by atoms with van der Waals surface area (Å²) in [6.45, 7) is 7.67. The first-order valence-corrected chi connectivity index (χ1v) is 9.36. The van der Waals surface area contributed by atoms with Gasteiger partial charge in [0.1, 0.15) is 5.75 Å². The summed E-state index contributed by atoms with van der Waals surface area (Å²) in [7, 11) is 0. The SMILES string of the molecule is CC[C@@H](C)C(=O)N[C@@H](CC)c1ccccc1OCC(=O)N1CCCC1. The zero-order chi connectivity index (χ0) is 18.2. The highest BCUT2D eigenvalue weighted by Crippen LogP contribution is 2.27. The van der Waals surface area contributed by atoms with Crippen LogP contribution in [0.15, 0.2) is 24.3 Å². The number of nitrogens with one attached hydrogen (secondary N) is 1. The summed E-state index contributed by atoms with van der Waals surface area (Å²) in [6, 6.07) is 7.54. The summed E-state index contributed by atoms with van der Waals surface area (Å²) in [5.74, 6) is 0.742. The van der Waals surface area contributed by atoms with Crippen LogP contribution in [0, 0.1) is 5.92 Å². The third-order valence-electron chi connectivity index (χ3n) is 4.89. The summed E-state index contributed by atoms with van der Waals surface area (Å²) in [5.41, 5.74) is 0.927. The van der Waals surface area contributed by atoms with Crippen molar-refractivity contribution >= 4 is 11.8 Å². The van der Waals surface area contributed by atoms with E-state index in [1.165, 1.54) is 0 Å². The summed E-state index contributed by atoms with van der Waals surface area (Å²) in [6.07, 6.45) is 3.72. The second-order valence-electron chi connectivity index (χ2n) is 6.69. The molecule has 1 aliphatic rings. The molecule has 1 aromatic carbocycles. The number of hydrogen-bond donors (Lipinski definition) is 1. The van der Waals surface area contributed by atoms with Gasteiger partial charge in [0.25, 0.3) is 5.91 Å². The molecule has 0 aliphatic carbocycles. The van der Waals surface area contributed by atoms with E-state index < -0.39 is 0 Å². The normalized spacial score (nSPS) is 16.4. The van der Waals surface area contributed by atoms with Crippen LogP contribution in [0.5, 0.6) is 5.75 Å². The second-order valence-corrected chi connectivity index (χ2v) is 6.69. The molecule has 2 rings (SSSR count). The lowest BCUT2D eigenvalue weighted by Gasteiger charge is -2.23. The van der Waals surface area contributed by atoms with Gasteiger partial charge in [-0.25, -0.2) is 0 Å². The van der Waals surface area contributed by atoms with Gasteiger partial charge in [-0.1, -0.05) is 39.0 Å². The van der Waals surface area contributed by atoms with Crippen LogP contribution in [0.4, 0.5) is 0 Å². The molecule has 1 heterocycles. The first-order chi connectivity index (χ1) is 12.1. The molecule has 2 atom stereocenters. The maximum atomic E-state index is 12.3. The first kappa shape index (κ1) is 19.3. The van der Waals surface area contributed by atoms with Crippen molar-refractivity contribution in [2.45, 2.75) is 52.5 Å². The van der Waals surface area contributed by atoms with E-state index in [4.69, 9.17) is 4.74 Å². The molecule has 0 spiro atoms. The maximum Gasteiger partial charge on any atom is 0.260 e. The third kappa shape index (κ3) is 5.21. The molecule has 0 saturated carbocycles. The van der Waals surface area contributed by atoms with Crippen molar-refractivity contribution in [3.63, 3.8) is 0 Å². The van der Waals surface area contributed by atoms with Crippen LogP contribution in [0.2, 0.25) is 0 Å². The van der Waals surface area contributed by atoms with Crippen LogP contribution in [0.1, 0.15) is 58.1 Å². The Bertz CT molecular complexity index is 582. The highest BCUT2D eigenvalue weighted by Gasteiger charge is 2.21. The Morgan fingerprint density at radius 2 is 1.84 bits per heavy atom. The number of carbonyl (C=O) groups is 2. The molecule has 1 aromatic rings. The van der Waals surface area contributed by atoms with Crippen LogP contribution in [-0.4, -0.2) is 36.4 Å². The van der Waals surface area contributed by atoms with Crippen LogP contribution < -0.4 is 10.1 Å². The van der Waals surface area contributed by atoms with Crippen molar-refractivity contribution in [3.05, 3.63) is 29.8 Å². The standard InChI is InChI=1S/C20H30N2O3/c1-4-15(3)20(24)21-17(5-2)16-10-6-7-11-18(16)25-14-19(23)22-12-8-9-13-22/h6-7,10-11,15,17H,4-5,8-9,12-14H2,1-3H3,(H,21,24)/t15-,17+/m1/s1. The smallest absolute Gasteiger partial charge is 0.260 e. The van der Waals surface area contributed by atoms with Gasteiger partial charge in [-0.3, -0.25) is 9.59 Å². The summed E-state index contributed by atoms with van der Waals surface area (Å²) >= 11 is 0. The molecule has 0 unspecified atom stereocenters. The molecule has 5 heteroatoms. The van der Waals surface area contributed by atoms with Gasteiger partial charge in [0.05, 0.1) is 6.04 Å². The molecule has 1 saturated heterocycles. The van der Waals surface area contributed by atoms with Crippen molar-refractivity contribution in [2.75, 3.05) is 19.7 Å². The number of benzene rings is 1. The van der Waals surface area contributed by atoms with E-state index in [-0.39, 0.29) is 30.4 Å². The van der Waals surface area contributed by atoms with E-state index in [0.29, 0.717) is 5.75 Å². The van der Waals surface area contributed by atoms with Crippen LogP contribution in [-0.2, 0) is 9.59 Å². The van der Waals surface area contributed by atoms with Gasteiger partial charge >= 0.3 is 0 Å². The number of para-hydroxylation sites is 1. The molecule has 2 amide bonds. The van der Waals surface area contributed by atoms with Crippen molar-refractivity contribution in [1.82, 2.24) is 10.2 Å². The van der Waals surface area contributed by atoms with Gasteiger partial charge in [-0.05, 0) is 31.7 Å². The largest absolute Gasteiger partial charge is 0.483 e. The molecular weight excluding hydrogens is 316 g/mol. The van der Waals surface area contributed by atoms with Crippen molar-refractivity contribution in [2.24, 2.45) is 5.92 Å². The minimum absolute atomic E-state index is 0.0149. The van der Waals surface area contributed by atoms with E-state index in [0.717, 1.165) is 44.3 Å². The van der Waals surface area contributed by atoms with Crippen molar-refractivity contribution in [3.8, 4) is 5.75 Å². The Balaban J connectivity index is 2.04. The number of rotatable bonds is 8. The molecule has 138 valence electrons. The molecule has 25 heavy (non-hydrogen) atoms. The van der Waals surface area contributed by atoms with Gasteiger partial charge in [0, 0.05) is 24.6 Å². The monoisotopic (exact) mass is 346 g/mol. The topological polar surface area (TPSA) is 58.6 Å². The van der Waals surface area contributed by atoms with Gasteiger partial charge in [-0.2, -0.15) is 0 Å². The molecule has 1 fully saturated rings. The van der Waals surface area contributed by atoms with Gasteiger partial charge < -0.3 is 15.0 Å². The van der Waals surface area contributed by atoms with E-state index >= 15 is 0 Å². The lowest BCUT2D eigenvalue weighted by Crippen LogP contribution is -2.34. The van der Waals surface area contributed by atoms with E-state index in [9.17, 15) is 9.59 Å². The number of hydrogen-bond acceptors (Lipinski definition) is 3. The highest BCUT2D eigenvalue weighted by atomic mass is 16.5. The van der Waals surface area contributed by atoms with E-state index in [1.807, 2.05) is 49.9 Å². The summed E-state index contributed by atoms with van der Waals surface area (Å²) in [4.78, 5) is 26.3. The molecule has 1 aliphatic heterocycles. The highest BCUT2D eigenvalue weighted by molar-refractivity contribution is 5.79. The fourth-order valence-corrected chi connectivity index (χ4v) is 3.00. The minimum atomic E-state index is -0.111. The maximum absolute atomic E-state index is 12.3. The predicted molar refractivity (Wildman–Crippen MR) is 98.4 cm³/mol. The molecule has 0 aromatic heterocycles. The number of nitrogens with zero attached hydrogens (tertiary/aromatic N) is 1. The Morgan fingerprint density at radius 1 is 1.16 bits per heavy atom. The number of ether oxygens (including phenoxy) is 1. The number of likely N-dealkylation sites (tertiary alicyclic amines) is 1. The average Bonchev–Trinajstić information content (AvgIpc) is 3.18. The first-order valence-electron chi connectivity index (χ1n) is 9.36. The van der Waals surface area contributed by atoms with E-state index in [1.54, 1.807) is 0 Å². The Hall–Kier alpha value is -2.04. The number of amides is 2. The predicted octanol–water partition coefficient (Wildman–Crippen LogP) is 3.30. The van der Waals surface area contributed by atoms with Gasteiger partial charge in [0.15, 0.2) is 6.61 Å². The molecule has 5 nitrogen and oxygen atoms in total. The summed E-state index contributed by atoms with van der Waals surface area (Å²) < 4.78 is 5.82. The third-order valence-corrected chi connectivity index (χ3v) is 4.89. The Kier molecular flexibility index (Phi) is 7.29.